The standard InChI is InChI=1S/C5H17N4/c1-4(2)5(3)9(6,7)8/h4-5H,6-8H2,1-3H3/q+1. The van der Waals surface area contributed by atoms with Gasteiger partial charge in [-0.1, -0.05) is 13.8 Å². The third-order valence-electron chi connectivity index (χ3n) is 1.67. The van der Waals surface area contributed by atoms with E-state index in [1.54, 1.807) is 0 Å². The molecule has 6 N–H and O–H groups in total. The highest BCUT2D eigenvalue weighted by molar-refractivity contribution is 4.51. The van der Waals surface area contributed by atoms with E-state index in [0.717, 1.165) is 0 Å². The maximum absolute atomic E-state index is 5.37. The average molecular weight is 133 g/mol. The van der Waals surface area contributed by atoms with Gasteiger partial charge in [0.15, 0.2) is 0 Å². The van der Waals surface area contributed by atoms with Crippen molar-refractivity contribution in [2.75, 3.05) is 0 Å². The molecule has 0 aliphatic carbocycles. The van der Waals surface area contributed by atoms with Crippen LogP contribution in [0.15, 0.2) is 0 Å². The second-order valence-corrected chi connectivity index (χ2v) is 2.88. The molecule has 4 nitrogen and oxygen atoms in total. The minimum atomic E-state index is -0.433. The smallest absolute Gasteiger partial charge is 0.141 e. The molecule has 0 saturated heterocycles. The molecule has 0 rings (SSSR count). The largest absolute Gasteiger partial charge is 0.143 e. The fourth-order valence-electron chi connectivity index (χ4n) is 0.516. The van der Waals surface area contributed by atoms with Gasteiger partial charge in [0.25, 0.3) is 0 Å². The third kappa shape index (κ3) is 2.76. The topological polar surface area (TPSA) is 78.1 Å². The molecule has 0 aromatic heterocycles. The normalized spacial score (nSPS) is 16.3. The van der Waals surface area contributed by atoms with Crippen LogP contribution in [0.25, 0.3) is 0 Å². The van der Waals surface area contributed by atoms with Gasteiger partial charge in [0, 0.05) is 5.92 Å². The number of nitrogens with two attached hydrogens (primary N) is 3. The zero-order valence-electron chi connectivity index (χ0n) is 6.33. The van der Waals surface area contributed by atoms with Gasteiger partial charge in [0.2, 0.25) is 0 Å². The van der Waals surface area contributed by atoms with E-state index in [1.165, 1.54) is 0 Å². The lowest BCUT2D eigenvalue weighted by molar-refractivity contribution is -0.987. The molecule has 9 heavy (non-hydrogen) atoms. The molecule has 0 aliphatic rings. The monoisotopic (exact) mass is 133 g/mol. The van der Waals surface area contributed by atoms with Gasteiger partial charge in [-0.05, 0) is 6.92 Å². The Morgan fingerprint density at radius 1 is 1.00 bits per heavy atom. The van der Waals surface area contributed by atoms with Crippen LogP contribution < -0.4 is 17.5 Å². The maximum atomic E-state index is 5.37. The highest BCUT2D eigenvalue weighted by atomic mass is 15.9. The molecule has 0 aromatic rings. The summed E-state index contributed by atoms with van der Waals surface area (Å²) in [5.41, 5.74) is 0. The van der Waals surface area contributed by atoms with Crippen molar-refractivity contribution in [3.8, 4) is 0 Å². The summed E-state index contributed by atoms with van der Waals surface area (Å²) in [4.78, 5) is -0.433. The van der Waals surface area contributed by atoms with E-state index >= 15 is 0 Å². The second kappa shape index (κ2) is 2.62. The van der Waals surface area contributed by atoms with Crippen molar-refractivity contribution in [3.05, 3.63) is 0 Å². The quantitative estimate of drug-likeness (QED) is 0.269. The van der Waals surface area contributed by atoms with E-state index < -0.39 is 4.81 Å². The van der Waals surface area contributed by atoms with E-state index in [-0.39, 0.29) is 6.04 Å². The van der Waals surface area contributed by atoms with Crippen molar-refractivity contribution in [2.45, 2.75) is 26.8 Å². The fraction of sp³-hybridized carbons (Fsp3) is 1.00. The van der Waals surface area contributed by atoms with Crippen LogP contribution in [0.5, 0.6) is 0 Å². The van der Waals surface area contributed by atoms with Crippen molar-refractivity contribution in [3.63, 3.8) is 0 Å². The Kier molecular flexibility index (Phi) is 2.57. The second-order valence-electron chi connectivity index (χ2n) is 2.88. The first-order valence-corrected chi connectivity index (χ1v) is 3.10. The first kappa shape index (κ1) is 8.84. The maximum Gasteiger partial charge on any atom is 0.143 e. The molecule has 0 bridgehead atoms. The molecule has 56 valence electrons. The van der Waals surface area contributed by atoms with Crippen molar-refractivity contribution in [1.82, 2.24) is 0 Å². The molecule has 0 aliphatic heterocycles. The predicted molar refractivity (Wildman–Crippen MR) is 37.1 cm³/mol. The van der Waals surface area contributed by atoms with Gasteiger partial charge in [-0.3, -0.25) is 0 Å². The lowest BCUT2D eigenvalue weighted by Gasteiger charge is -2.28. The summed E-state index contributed by atoms with van der Waals surface area (Å²) in [7, 11) is 0. The number of quaternary nitrogens is 1. The fourth-order valence-corrected chi connectivity index (χ4v) is 0.516. The Bertz CT molecular complexity index is 83.4. The third-order valence-corrected chi connectivity index (χ3v) is 1.67. The van der Waals surface area contributed by atoms with Gasteiger partial charge < -0.3 is 0 Å². The van der Waals surface area contributed by atoms with Gasteiger partial charge in [0.05, 0.1) is 0 Å². The van der Waals surface area contributed by atoms with Gasteiger partial charge in [-0.2, -0.15) is 0 Å². The number of rotatable bonds is 2. The van der Waals surface area contributed by atoms with Crippen LogP contribution >= 0.6 is 0 Å². The van der Waals surface area contributed by atoms with Crippen molar-refractivity contribution < 1.29 is 4.81 Å². The average Bonchev–Trinajstić information content (AvgIpc) is 1.62. The van der Waals surface area contributed by atoms with Crippen molar-refractivity contribution >= 4 is 0 Å². The lowest BCUT2D eigenvalue weighted by Crippen LogP contribution is -2.71. The lowest BCUT2D eigenvalue weighted by atomic mass is 10.1. The first-order valence-electron chi connectivity index (χ1n) is 3.10. The zero-order valence-corrected chi connectivity index (χ0v) is 6.33. The van der Waals surface area contributed by atoms with E-state index in [0.29, 0.717) is 5.92 Å². The Morgan fingerprint density at radius 2 is 1.33 bits per heavy atom. The van der Waals surface area contributed by atoms with Crippen LogP contribution in [-0.2, 0) is 0 Å². The molecule has 0 aromatic carbocycles. The van der Waals surface area contributed by atoms with Gasteiger partial charge in [-0.15, -0.1) is 22.3 Å². The number of nitrogens with zero attached hydrogens (tertiary/aromatic N) is 1. The number of hydrogen-bond donors (Lipinski definition) is 3. The molecule has 0 amide bonds. The molecular weight excluding hydrogens is 116 g/mol. The molecule has 0 saturated carbocycles. The van der Waals surface area contributed by atoms with Gasteiger partial charge in [0.1, 0.15) is 6.04 Å². The van der Waals surface area contributed by atoms with Crippen LogP contribution in [0.1, 0.15) is 20.8 Å². The minimum Gasteiger partial charge on any atom is -0.141 e. The Hall–Kier alpha value is -0.160. The Morgan fingerprint density at radius 3 is 1.33 bits per heavy atom. The molecule has 0 heterocycles. The SMILES string of the molecule is CC(C)C(C)[N+](N)(N)N. The van der Waals surface area contributed by atoms with Gasteiger partial charge >= 0.3 is 0 Å². The molecular formula is C5H17N4+. The zero-order chi connectivity index (χ0) is 7.65. The summed E-state index contributed by atoms with van der Waals surface area (Å²) < 4.78 is 0. The first-order chi connectivity index (χ1) is 3.85. The highest BCUT2D eigenvalue weighted by Gasteiger charge is 2.25. The summed E-state index contributed by atoms with van der Waals surface area (Å²) in [6.45, 7) is 5.99. The molecule has 1 unspecified atom stereocenters. The Labute approximate surface area is 56.1 Å². The van der Waals surface area contributed by atoms with Gasteiger partial charge in [-0.25, -0.2) is 0 Å². The summed E-state index contributed by atoms with van der Waals surface area (Å²) >= 11 is 0. The van der Waals surface area contributed by atoms with Crippen LogP contribution in [0.4, 0.5) is 0 Å². The highest BCUT2D eigenvalue weighted by Crippen LogP contribution is 2.05. The van der Waals surface area contributed by atoms with Crippen LogP contribution in [-0.4, -0.2) is 10.9 Å². The molecule has 4 heteroatoms. The van der Waals surface area contributed by atoms with Crippen LogP contribution in [0.3, 0.4) is 0 Å². The van der Waals surface area contributed by atoms with Crippen molar-refractivity contribution in [1.29, 1.82) is 0 Å². The molecule has 0 spiro atoms. The van der Waals surface area contributed by atoms with E-state index in [1.807, 2.05) is 20.8 Å². The minimum absolute atomic E-state index is 0.0880. The van der Waals surface area contributed by atoms with Crippen LogP contribution in [0, 0.1) is 5.92 Å². The summed E-state index contributed by atoms with van der Waals surface area (Å²) in [5.74, 6) is 16.5. The number of hydrogen-bond acceptors (Lipinski definition) is 3. The Balaban J connectivity index is 3.88. The molecule has 0 radical (unpaired) electrons. The molecule has 0 fully saturated rings. The van der Waals surface area contributed by atoms with Crippen LogP contribution in [0.2, 0.25) is 0 Å². The van der Waals surface area contributed by atoms with E-state index in [4.69, 9.17) is 17.5 Å². The summed E-state index contributed by atoms with van der Waals surface area (Å²) in [6, 6.07) is 0.0880. The summed E-state index contributed by atoms with van der Waals surface area (Å²) in [6.07, 6.45) is 0. The van der Waals surface area contributed by atoms with E-state index in [9.17, 15) is 0 Å². The molecule has 1 atom stereocenters. The van der Waals surface area contributed by atoms with E-state index in [2.05, 4.69) is 0 Å². The summed E-state index contributed by atoms with van der Waals surface area (Å²) in [5, 5.41) is 0. The van der Waals surface area contributed by atoms with Crippen molar-refractivity contribution in [2.24, 2.45) is 23.4 Å². The predicted octanol–water partition coefficient (Wildman–Crippen LogP) is -0.531.